The summed E-state index contributed by atoms with van der Waals surface area (Å²) >= 11 is 5.76. The number of nitrogens with zero attached hydrogens (tertiary/aromatic N) is 1. The summed E-state index contributed by atoms with van der Waals surface area (Å²) in [4.78, 5) is 12.1. The summed E-state index contributed by atoms with van der Waals surface area (Å²) in [6.07, 6.45) is 1.72. The molecule has 122 valence electrons. The van der Waals surface area contributed by atoms with E-state index in [0.717, 1.165) is 30.2 Å². The SMILES string of the molecule is CN(CC(=O)NC1CCNCC1)S(=O)(=O)c1ccc(Cl)cc1. The minimum atomic E-state index is -3.69. The maximum Gasteiger partial charge on any atom is 0.243 e. The molecule has 2 rings (SSSR count). The van der Waals surface area contributed by atoms with Gasteiger partial charge in [-0.2, -0.15) is 4.31 Å². The van der Waals surface area contributed by atoms with Crippen molar-refractivity contribution >= 4 is 27.5 Å². The zero-order chi connectivity index (χ0) is 16.2. The average Bonchev–Trinajstić information content (AvgIpc) is 2.48. The molecule has 2 N–H and O–H groups in total. The number of nitrogens with one attached hydrogen (secondary N) is 2. The van der Waals surface area contributed by atoms with Crippen LogP contribution in [0.1, 0.15) is 12.8 Å². The van der Waals surface area contributed by atoms with Crippen LogP contribution in [0.2, 0.25) is 5.02 Å². The molecule has 0 aromatic heterocycles. The van der Waals surface area contributed by atoms with E-state index in [2.05, 4.69) is 10.6 Å². The number of carbonyl (C=O) groups is 1. The third kappa shape index (κ3) is 4.42. The third-order valence-corrected chi connectivity index (χ3v) is 5.66. The van der Waals surface area contributed by atoms with Gasteiger partial charge in [0.15, 0.2) is 0 Å². The van der Waals surface area contributed by atoms with Gasteiger partial charge < -0.3 is 10.6 Å². The van der Waals surface area contributed by atoms with Gasteiger partial charge in [-0.3, -0.25) is 4.79 Å². The van der Waals surface area contributed by atoms with Gasteiger partial charge in [-0.15, -0.1) is 0 Å². The Kier molecular flexibility index (Phi) is 5.80. The molecule has 0 aliphatic carbocycles. The van der Waals surface area contributed by atoms with Gasteiger partial charge in [-0.25, -0.2) is 8.42 Å². The second kappa shape index (κ2) is 7.41. The van der Waals surface area contributed by atoms with Crippen LogP contribution in [0.3, 0.4) is 0 Å². The Balaban J connectivity index is 1.96. The topological polar surface area (TPSA) is 78.5 Å². The second-order valence-corrected chi connectivity index (χ2v) is 7.79. The Labute approximate surface area is 135 Å². The number of rotatable bonds is 5. The summed E-state index contributed by atoms with van der Waals surface area (Å²) < 4.78 is 25.8. The van der Waals surface area contributed by atoms with Crippen LogP contribution >= 0.6 is 11.6 Å². The van der Waals surface area contributed by atoms with Crippen LogP contribution < -0.4 is 10.6 Å². The minimum Gasteiger partial charge on any atom is -0.352 e. The molecule has 6 nitrogen and oxygen atoms in total. The second-order valence-electron chi connectivity index (χ2n) is 5.31. The van der Waals surface area contributed by atoms with E-state index in [1.807, 2.05) is 0 Å². The Morgan fingerprint density at radius 3 is 2.50 bits per heavy atom. The van der Waals surface area contributed by atoms with E-state index in [4.69, 9.17) is 11.6 Å². The standard InChI is InChI=1S/C14H20ClN3O3S/c1-18(10-14(19)17-12-6-8-16-9-7-12)22(20,21)13-4-2-11(15)3-5-13/h2-5,12,16H,6-10H2,1H3,(H,17,19). The van der Waals surface area contributed by atoms with Crippen LogP contribution in [-0.2, 0) is 14.8 Å². The predicted octanol–water partition coefficient (Wildman–Crippen LogP) is 0.829. The number of hydrogen-bond donors (Lipinski definition) is 2. The lowest BCUT2D eigenvalue weighted by atomic mass is 10.1. The Morgan fingerprint density at radius 1 is 1.32 bits per heavy atom. The molecule has 0 spiro atoms. The molecule has 1 aromatic carbocycles. The molecule has 1 fully saturated rings. The first-order valence-electron chi connectivity index (χ1n) is 7.11. The zero-order valence-corrected chi connectivity index (χ0v) is 14.0. The van der Waals surface area contributed by atoms with Crippen LogP contribution in [0.4, 0.5) is 0 Å². The van der Waals surface area contributed by atoms with E-state index in [1.54, 1.807) is 0 Å². The highest BCUT2D eigenvalue weighted by molar-refractivity contribution is 7.89. The quantitative estimate of drug-likeness (QED) is 0.828. The van der Waals surface area contributed by atoms with Crippen molar-refractivity contribution in [3.05, 3.63) is 29.3 Å². The van der Waals surface area contributed by atoms with Crippen molar-refractivity contribution in [3.63, 3.8) is 0 Å². The van der Waals surface area contributed by atoms with E-state index >= 15 is 0 Å². The lowest BCUT2D eigenvalue weighted by Crippen LogP contribution is -2.46. The number of piperidine rings is 1. The summed E-state index contributed by atoms with van der Waals surface area (Å²) in [7, 11) is -2.30. The number of sulfonamides is 1. The number of hydrogen-bond acceptors (Lipinski definition) is 4. The van der Waals surface area contributed by atoms with Crippen molar-refractivity contribution in [3.8, 4) is 0 Å². The van der Waals surface area contributed by atoms with Gasteiger partial charge in [0, 0.05) is 18.1 Å². The molecule has 1 aliphatic rings. The lowest BCUT2D eigenvalue weighted by molar-refractivity contribution is -0.122. The lowest BCUT2D eigenvalue weighted by Gasteiger charge is -2.25. The maximum atomic E-state index is 12.4. The van der Waals surface area contributed by atoms with Crippen LogP contribution in [0.15, 0.2) is 29.2 Å². The molecule has 8 heteroatoms. The van der Waals surface area contributed by atoms with E-state index in [1.165, 1.54) is 31.3 Å². The molecule has 22 heavy (non-hydrogen) atoms. The number of likely N-dealkylation sites (N-methyl/N-ethyl adjacent to an activating group) is 1. The van der Waals surface area contributed by atoms with Crippen LogP contribution in [0.25, 0.3) is 0 Å². The van der Waals surface area contributed by atoms with E-state index < -0.39 is 10.0 Å². The molecule has 1 aliphatic heterocycles. The van der Waals surface area contributed by atoms with Crippen molar-refractivity contribution in [2.75, 3.05) is 26.7 Å². The molecule has 1 amide bonds. The van der Waals surface area contributed by atoms with Crippen molar-refractivity contribution in [1.29, 1.82) is 0 Å². The summed E-state index contributed by atoms with van der Waals surface area (Å²) in [5, 5.41) is 6.55. The Morgan fingerprint density at radius 2 is 1.91 bits per heavy atom. The predicted molar refractivity (Wildman–Crippen MR) is 85.3 cm³/mol. The first-order chi connectivity index (χ1) is 10.4. The van der Waals surface area contributed by atoms with Crippen molar-refractivity contribution in [2.45, 2.75) is 23.8 Å². The molecular formula is C14H20ClN3O3S. The van der Waals surface area contributed by atoms with Crippen LogP contribution in [0, 0.1) is 0 Å². The smallest absolute Gasteiger partial charge is 0.243 e. The fourth-order valence-corrected chi connectivity index (χ4v) is 3.57. The molecule has 0 unspecified atom stereocenters. The zero-order valence-electron chi connectivity index (χ0n) is 12.4. The number of amides is 1. The fourth-order valence-electron chi connectivity index (χ4n) is 2.31. The summed E-state index contributed by atoms with van der Waals surface area (Å²) in [5.74, 6) is -0.285. The van der Waals surface area contributed by atoms with E-state index in [0.29, 0.717) is 5.02 Å². The fraction of sp³-hybridized carbons (Fsp3) is 0.500. The summed E-state index contributed by atoms with van der Waals surface area (Å²) in [6.45, 7) is 1.53. The van der Waals surface area contributed by atoms with Crippen molar-refractivity contribution in [2.24, 2.45) is 0 Å². The molecule has 0 atom stereocenters. The minimum absolute atomic E-state index is 0.111. The summed E-state index contributed by atoms with van der Waals surface area (Å²) in [6, 6.07) is 5.99. The molecule has 1 aromatic rings. The number of carbonyl (C=O) groups excluding carboxylic acids is 1. The van der Waals surface area contributed by atoms with Gasteiger partial charge in [-0.1, -0.05) is 11.6 Å². The van der Waals surface area contributed by atoms with Gasteiger partial charge in [0.25, 0.3) is 0 Å². The highest BCUT2D eigenvalue weighted by Crippen LogP contribution is 2.17. The monoisotopic (exact) mass is 345 g/mol. The third-order valence-electron chi connectivity index (χ3n) is 3.59. The van der Waals surface area contributed by atoms with Gasteiger partial charge in [0.2, 0.25) is 15.9 Å². The normalized spacial score (nSPS) is 16.7. The van der Waals surface area contributed by atoms with Crippen LogP contribution in [-0.4, -0.2) is 51.4 Å². The highest BCUT2D eigenvalue weighted by atomic mass is 35.5. The molecule has 0 radical (unpaired) electrons. The molecule has 0 saturated carbocycles. The van der Waals surface area contributed by atoms with Gasteiger partial charge in [0.05, 0.1) is 11.4 Å². The highest BCUT2D eigenvalue weighted by Gasteiger charge is 2.24. The maximum absolute atomic E-state index is 12.4. The molecule has 0 bridgehead atoms. The van der Waals surface area contributed by atoms with Gasteiger partial charge in [0.1, 0.15) is 0 Å². The Bertz CT molecular complexity index is 613. The van der Waals surface area contributed by atoms with Crippen LogP contribution in [0.5, 0.6) is 0 Å². The first kappa shape index (κ1) is 17.2. The summed E-state index contributed by atoms with van der Waals surface area (Å²) in [5.41, 5.74) is 0. The Hall–Kier alpha value is -1.15. The van der Waals surface area contributed by atoms with Crippen molar-refractivity contribution in [1.82, 2.24) is 14.9 Å². The van der Waals surface area contributed by atoms with E-state index in [9.17, 15) is 13.2 Å². The molecule has 1 heterocycles. The van der Waals surface area contributed by atoms with Crippen molar-refractivity contribution < 1.29 is 13.2 Å². The molecule has 1 saturated heterocycles. The number of benzene rings is 1. The first-order valence-corrected chi connectivity index (χ1v) is 8.93. The average molecular weight is 346 g/mol. The van der Waals surface area contributed by atoms with E-state index in [-0.39, 0.29) is 23.4 Å². The number of halogens is 1. The largest absolute Gasteiger partial charge is 0.352 e. The molecular weight excluding hydrogens is 326 g/mol. The van der Waals surface area contributed by atoms with Gasteiger partial charge >= 0.3 is 0 Å². The van der Waals surface area contributed by atoms with Gasteiger partial charge in [-0.05, 0) is 50.2 Å².